The number of alkyl halides is 2. The van der Waals surface area contributed by atoms with E-state index in [2.05, 4.69) is 25.9 Å². The van der Waals surface area contributed by atoms with Gasteiger partial charge in [-0.05, 0) is 49.2 Å². The van der Waals surface area contributed by atoms with E-state index in [1.54, 1.807) is 4.57 Å². The van der Waals surface area contributed by atoms with Crippen LogP contribution < -0.4 is 26.5 Å². The lowest BCUT2D eigenvalue weighted by Gasteiger charge is -2.11. The van der Waals surface area contributed by atoms with Crippen molar-refractivity contribution in [2.45, 2.75) is 38.8 Å². The van der Waals surface area contributed by atoms with Crippen LogP contribution in [0.1, 0.15) is 45.8 Å². The van der Waals surface area contributed by atoms with E-state index in [1.807, 2.05) is 0 Å². The fraction of sp³-hybridized carbons (Fsp3) is 0.292. The van der Waals surface area contributed by atoms with Gasteiger partial charge in [0.15, 0.2) is 0 Å². The number of halogens is 2. The van der Waals surface area contributed by atoms with Crippen LogP contribution in [0.2, 0.25) is 0 Å². The second-order valence-corrected chi connectivity index (χ2v) is 8.12. The summed E-state index contributed by atoms with van der Waals surface area (Å²) in [5.74, 6) is -1.55. The molecule has 2 aromatic carbocycles. The molecule has 0 atom stereocenters. The summed E-state index contributed by atoms with van der Waals surface area (Å²) in [5.41, 5.74) is 4.88. The number of nitrogens with zero attached hydrogens (tertiary/aromatic N) is 2. The smallest absolute Gasteiger partial charge is 0.387 e. The van der Waals surface area contributed by atoms with Crippen molar-refractivity contribution in [2.24, 2.45) is 0 Å². The summed E-state index contributed by atoms with van der Waals surface area (Å²) in [6.07, 6.45) is 3.56. The number of aryl methyl sites for hydroxylation is 1. The zero-order valence-electron chi connectivity index (χ0n) is 19.1. The van der Waals surface area contributed by atoms with Gasteiger partial charge in [0.25, 0.3) is 23.3 Å². The molecular weight excluding hydrogens is 476 g/mol. The molecule has 188 valence electrons. The maximum atomic E-state index is 12.8. The number of rotatable bonds is 6. The highest BCUT2D eigenvalue weighted by molar-refractivity contribution is 5.99. The molecule has 3 aromatic rings. The second-order valence-electron chi connectivity index (χ2n) is 8.12. The molecule has 0 aliphatic carbocycles. The van der Waals surface area contributed by atoms with Gasteiger partial charge in [0.1, 0.15) is 11.6 Å². The molecule has 0 radical (unpaired) electrons. The van der Waals surface area contributed by atoms with Gasteiger partial charge in [-0.25, -0.2) is 4.98 Å². The third kappa shape index (κ3) is 5.82. The number of hydrazine groups is 1. The first-order valence-electron chi connectivity index (χ1n) is 11.3. The molecule has 1 aromatic heterocycles. The molecule has 0 bridgehead atoms. The summed E-state index contributed by atoms with van der Waals surface area (Å²) in [7, 11) is 0. The van der Waals surface area contributed by atoms with Crippen molar-refractivity contribution in [1.29, 1.82) is 0 Å². The average Bonchev–Trinajstić information content (AvgIpc) is 3.11. The van der Waals surface area contributed by atoms with Crippen molar-refractivity contribution in [1.82, 2.24) is 25.7 Å². The fourth-order valence-electron chi connectivity index (χ4n) is 3.88. The Balaban J connectivity index is 1.34. The highest BCUT2D eigenvalue weighted by Crippen LogP contribution is 2.17. The van der Waals surface area contributed by atoms with Gasteiger partial charge in [-0.1, -0.05) is 12.5 Å². The van der Waals surface area contributed by atoms with Crippen molar-refractivity contribution in [3.63, 3.8) is 0 Å². The van der Waals surface area contributed by atoms with Gasteiger partial charge >= 0.3 is 6.61 Å². The molecule has 10 nitrogen and oxygen atoms in total. The molecule has 4 rings (SSSR count). The average molecular weight is 499 g/mol. The molecule has 1 aliphatic rings. The van der Waals surface area contributed by atoms with Crippen LogP contribution in [0.5, 0.6) is 5.75 Å². The summed E-state index contributed by atoms with van der Waals surface area (Å²) in [6, 6.07) is 9.58. The van der Waals surface area contributed by atoms with E-state index in [1.165, 1.54) is 36.4 Å². The van der Waals surface area contributed by atoms with Crippen LogP contribution in [0.3, 0.4) is 0 Å². The number of amides is 3. The molecule has 0 unspecified atom stereocenters. The highest BCUT2D eigenvalue weighted by atomic mass is 19.3. The Hall–Kier alpha value is -4.35. The van der Waals surface area contributed by atoms with E-state index in [4.69, 9.17) is 0 Å². The molecule has 3 amide bonds. The fourth-order valence-corrected chi connectivity index (χ4v) is 3.88. The Labute approximate surface area is 203 Å². The minimum absolute atomic E-state index is 0.0162. The number of ether oxygens (including phenoxy) is 1. The molecule has 0 fully saturated rings. The Bertz CT molecular complexity index is 1370. The number of hydrogen-bond acceptors (Lipinski definition) is 6. The molecule has 2 heterocycles. The lowest BCUT2D eigenvalue weighted by Crippen LogP contribution is -2.46. The van der Waals surface area contributed by atoms with Gasteiger partial charge in [-0.15, -0.1) is 0 Å². The summed E-state index contributed by atoms with van der Waals surface area (Å²) in [5, 5.41) is 2.72. The number of carbonyl (C=O) groups excluding carboxylic acids is 3. The third-order valence-electron chi connectivity index (χ3n) is 5.63. The quantitative estimate of drug-likeness (QED) is 0.444. The predicted molar refractivity (Wildman–Crippen MR) is 125 cm³/mol. The maximum absolute atomic E-state index is 12.8. The molecule has 0 spiro atoms. The molecular formula is C24H23F2N5O5. The van der Waals surface area contributed by atoms with Gasteiger partial charge in [0.05, 0.1) is 17.4 Å². The minimum Gasteiger partial charge on any atom is -0.435 e. The van der Waals surface area contributed by atoms with Crippen LogP contribution in [0.25, 0.3) is 10.9 Å². The summed E-state index contributed by atoms with van der Waals surface area (Å²) in [6.45, 7) is -2.90. The van der Waals surface area contributed by atoms with Crippen molar-refractivity contribution >= 4 is 28.6 Å². The number of carbonyl (C=O) groups is 3. The van der Waals surface area contributed by atoms with Gasteiger partial charge in [0, 0.05) is 24.1 Å². The first-order chi connectivity index (χ1) is 17.3. The Kier molecular flexibility index (Phi) is 7.52. The third-order valence-corrected chi connectivity index (χ3v) is 5.63. The number of hydrogen-bond donors (Lipinski definition) is 3. The number of benzene rings is 2. The monoisotopic (exact) mass is 499 g/mol. The van der Waals surface area contributed by atoms with Crippen LogP contribution in [0, 0.1) is 0 Å². The van der Waals surface area contributed by atoms with Crippen LogP contribution in [0.4, 0.5) is 8.78 Å². The number of nitrogens with one attached hydrogen (secondary N) is 3. The maximum Gasteiger partial charge on any atom is 0.387 e. The molecule has 0 saturated carbocycles. The molecule has 36 heavy (non-hydrogen) atoms. The largest absolute Gasteiger partial charge is 0.435 e. The van der Waals surface area contributed by atoms with E-state index in [-0.39, 0.29) is 22.4 Å². The van der Waals surface area contributed by atoms with Crippen molar-refractivity contribution < 1.29 is 27.9 Å². The molecule has 1 aliphatic heterocycles. The van der Waals surface area contributed by atoms with Crippen LogP contribution in [-0.4, -0.2) is 40.4 Å². The second kappa shape index (κ2) is 10.9. The Morgan fingerprint density at radius 1 is 1.00 bits per heavy atom. The molecule has 3 N–H and O–H groups in total. The SMILES string of the molecule is O=C(CNC(=O)c1cccc(OC(F)F)c1)NNC(=O)c1ccc2c(=O)n3c(nc2c1)CCCCC3. The minimum atomic E-state index is -3.03. The van der Waals surface area contributed by atoms with Gasteiger partial charge in [-0.2, -0.15) is 8.78 Å². The van der Waals surface area contributed by atoms with Crippen molar-refractivity contribution in [2.75, 3.05) is 6.54 Å². The summed E-state index contributed by atoms with van der Waals surface area (Å²) >= 11 is 0. The van der Waals surface area contributed by atoms with Crippen LogP contribution in [0.15, 0.2) is 47.3 Å². The first kappa shape index (κ1) is 24.8. The first-order valence-corrected chi connectivity index (χ1v) is 11.3. The lowest BCUT2D eigenvalue weighted by molar-refractivity contribution is -0.120. The van der Waals surface area contributed by atoms with Crippen LogP contribution >= 0.6 is 0 Å². The van der Waals surface area contributed by atoms with Crippen molar-refractivity contribution in [3.8, 4) is 5.75 Å². The van der Waals surface area contributed by atoms with E-state index >= 15 is 0 Å². The Morgan fingerprint density at radius 3 is 2.61 bits per heavy atom. The summed E-state index contributed by atoms with van der Waals surface area (Å²) in [4.78, 5) is 54.1. The highest BCUT2D eigenvalue weighted by Gasteiger charge is 2.16. The van der Waals surface area contributed by atoms with E-state index in [9.17, 15) is 28.0 Å². The standard InChI is InChI=1S/C24H23F2N5O5/c25-24(26)36-16-6-4-5-14(11-16)21(33)27-13-20(32)29-30-22(34)15-8-9-17-18(12-15)28-19-7-2-1-3-10-31(19)23(17)35/h4-6,8-9,11-12,24H,1-3,7,10,13H2,(H,27,33)(H,29,32)(H,30,34). The molecule has 12 heteroatoms. The normalized spacial score (nSPS) is 13.0. The summed E-state index contributed by atoms with van der Waals surface area (Å²) < 4.78 is 30.6. The van der Waals surface area contributed by atoms with Crippen LogP contribution in [-0.2, 0) is 17.8 Å². The number of aromatic nitrogens is 2. The van der Waals surface area contributed by atoms with E-state index in [0.29, 0.717) is 29.7 Å². The van der Waals surface area contributed by atoms with Gasteiger partial charge < -0.3 is 10.1 Å². The lowest BCUT2D eigenvalue weighted by atomic mass is 10.1. The zero-order chi connectivity index (χ0) is 25.7. The predicted octanol–water partition coefficient (Wildman–Crippen LogP) is 1.92. The van der Waals surface area contributed by atoms with Gasteiger partial charge in [-0.3, -0.25) is 34.6 Å². The number of fused-ring (bicyclic) bond motifs is 2. The van der Waals surface area contributed by atoms with E-state index in [0.717, 1.165) is 25.3 Å². The Morgan fingerprint density at radius 2 is 1.81 bits per heavy atom. The van der Waals surface area contributed by atoms with Crippen molar-refractivity contribution in [3.05, 3.63) is 69.8 Å². The van der Waals surface area contributed by atoms with Gasteiger partial charge in [0.2, 0.25) is 0 Å². The van der Waals surface area contributed by atoms with E-state index < -0.39 is 30.9 Å². The molecule has 0 saturated heterocycles. The zero-order valence-corrected chi connectivity index (χ0v) is 19.1. The topological polar surface area (TPSA) is 131 Å².